The van der Waals surface area contributed by atoms with Crippen LogP contribution in [0.15, 0.2) is 0 Å². The number of carbonyl (C=O) groups is 1. The third-order valence-corrected chi connectivity index (χ3v) is 2.31. The smallest absolute Gasteiger partial charge is 0.376 e. The topological polar surface area (TPSA) is 52.3 Å². The molecule has 1 saturated carbocycles. The molecule has 0 aliphatic heterocycles. The van der Waals surface area contributed by atoms with Crippen LogP contribution in [0.1, 0.15) is 25.7 Å². The fourth-order valence-electron chi connectivity index (χ4n) is 1.07. The van der Waals surface area contributed by atoms with Gasteiger partial charge in [0.1, 0.15) is 0 Å². The number of methoxy groups -OCH3 is 1. The van der Waals surface area contributed by atoms with Gasteiger partial charge in [-0.1, -0.05) is 0 Å². The molecule has 13 heavy (non-hydrogen) atoms. The first-order chi connectivity index (χ1) is 5.90. The highest BCUT2D eigenvalue weighted by Crippen LogP contribution is 2.39. The molecule has 1 fully saturated rings. The van der Waals surface area contributed by atoms with Crippen molar-refractivity contribution >= 4 is 5.97 Å². The largest absolute Gasteiger partial charge is 0.465 e. The minimum atomic E-state index is -3.39. The van der Waals surface area contributed by atoms with Crippen LogP contribution in [0.25, 0.3) is 0 Å². The van der Waals surface area contributed by atoms with Crippen molar-refractivity contribution < 1.29 is 18.3 Å². The summed E-state index contributed by atoms with van der Waals surface area (Å²) >= 11 is 0. The second kappa shape index (κ2) is 3.21. The summed E-state index contributed by atoms with van der Waals surface area (Å²) in [5.41, 5.74) is 5.16. The van der Waals surface area contributed by atoms with E-state index in [-0.39, 0.29) is 6.42 Å². The fourth-order valence-corrected chi connectivity index (χ4v) is 1.07. The second-order valence-electron chi connectivity index (χ2n) is 3.56. The van der Waals surface area contributed by atoms with Gasteiger partial charge < -0.3 is 10.5 Å². The first-order valence-corrected chi connectivity index (χ1v) is 4.15. The van der Waals surface area contributed by atoms with E-state index in [1.54, 1.807) is 0 Å². The summed E-state index contributed by atoms with van der Waals surface area (Å²) < 4.78 is 29.7. The van der Waals surface area contributed by atoms with E-state index in [0.29, 0.717) is 0 Å². The molecule has 0 spiro atoms. The molecule has 0 atom stereocenters. The lowest BCUT2D eigenvalue weighted by molar-refractivity contribution is -0.169. The molecule has 3 nitrogen and oxygen atoms in total. The quantitative estimate of drug-likeness (QED) is 0.679. The predicted octanol–water partition coefficient (Wildman–Crippen LogP) is 1.07. The SMILES string of the molecule is COC(=O)C(F)(F)CCC1(N)CC1. The Bertz CT molecular complexity index is 214. The number of alkyl halides is 2. The maximum atomic E-state index is 12.8. The van der Waals surface area contributed by atoms with Crippen molar-refractivity contribution in [2.24, 2.45) is 5.73 Å². The summed E-state index contributed by atoms with van der Waals surface area (Å²) in [4.78, 5) is 10.6. The normalized spacial score (nSPS) is 19.7. The van der Waals surface area contributed by atoms with Crippen molar-refractivity contribution in [3.05, 3.63) is 0 Å². The van der Waals surface area contributed by atoms with Gasteiger partial charge in [0.15, 0.2) is 0 Å². The van der Waals surface area contributed by atoms with Crippen molar-refractivity contribution in [1.82, 2.24) is 0 Å². The minimum absolute atomic E-state index is 0.176. The number of halogens is 2. The molecule has 1 rings (SSSR count). The maximum Gasteiger partial charge on any atom is 0.376 e. The Morgan fingerprint density at radius 3 is 2.54 bits per heavy atom. The molecule has 0 unspecified atom stereocenters. The highest BCUT2D eigenvalue weighted by Gasteiger charge is 2.45. The van der Waals surface area contributed by atoms with E-state index >= 15 is 0 Å². The van der Waals surface area contributed by atoms with Crippen LogP contribution in [0.2, 0.25) is 0 Å². The number of rotatable bonds is 4. The Morgan fingerprint density at radius 1 is 1.62 bits per heavy atom. The van der Waals surface area contributed by atoms with Crippen molar-refractivity contribution in [3.8, 4) is 0 Å². The molecule has 0 aromatic heterocycles. The van der Waals surface area contributed by atoms with E-state index in [9.17, 15) is 13.6 Å². The number of hydrogen-bond acceptors (Lipinski definition) is 3. The number of ether oxygens (including phenoxy) is 1. The van der Waals surface area contributed by atoms with Crippen LogP contribution >= 0.6 is 0 Å². The van der Waals surface area contributed by atoms with Gasteiger partial charge in [-0.05, 0) is 19.3 Å². The average molecular weight is 193 g/mol. The van der Waals surface area contributed by atoms with Gasteiger partial charge in [-0.2, -0.15) is 8.78 Å². The van der Waals surface area contributed by atoms with E-state index in [0.717, 1.165) is 20.0 Å². The van der Waals surface area contributed by atoms with E-state index in [1.807, 2.05) is 0 Å². The molecule has 5 heteroatoms. The van der Waals surface area contributed by atoms with E-state index in [2.05, 4.69) is 4.74 Å². The van der Waals surface area contributed by atoms with Gasteiger partial charge in [0.05, 0.1) is 7.11 Å². The molecule has 0 radical (unpaired) electrons. The Hall–Kier alpha value is -0.710. The predicted molar refractivity (Wildman–Crippen MR) is 42.3 cm³/mol. The number of esters is 1. The lowest BCUT2D eigenvalue weighted by atomic mass is 10.1. The van der Waals surface area contributed by atoms with Crippen LogP contribution in [0, 0.1) is 0 Å². The maximum absolute atomic E-state index is 12.8. The van der Waals surface area contributed by atoms with Gasteiger partial charge >= 0.3 is 11.9 Å². The number of nitrogens with two attached hydrogens (primary N) is 1. The van der Waals surface area contributed by atoms with Gasteiger partial charge in [-0.25, -0.2) is 4.79 Å². The molecule has 1 aliphatic carbocycles. The second-order valence-corrected chi connectivity index (χ2v) is 3.56. The van der Waals surface area contributed by atoms with Crippen LogP contribution in [-0.2, 0) is 9.53 Å². The zero-order valence-electron chi connectivity index (χ0n) is 7.48. The Labute approximate surface area is 75.2 Å². The Balaban J connectivity index is 2.37. The standard InChI is InChI=1S/C8H13F2NO2/c1-13-6(12)8(9,10)5-4-7(11)2-3-7/h2-5,11H2,1H3. The molecular formula is C8H13F2NO2. The number of carbonyl (C=O) groups excluding carboxylic acids is 1. The van der Waals surface area contributed by atoms with Crippen molar-refractivity contribution in [2.45, 2.75) is 37.1 Å². The summed E-state index contributed by atoms with van der Waals surface area (Å²) in [5, 5.41) is 0. The summed E-state index contributed by atoms with van der Waals surface area (Å²) in [6.45, 7) is 0. The summed E-state index contributed by atoms with van der Waals surface area (Å²) in [5.74, 6) is -4.86. The third-order valence-electron chi connectivity index (χ3n) is 2.31. The molecule has 2 N–H and O–H groups in total. The molecular weight excluding hydrogens is 180 g/mol. The van der Waals surface area contributed by atoms with E-state index < -0.39 is 23.9 Å². The van der Waals surface area contributed by atoms with Gasteiger partial charge in [-0.3, -0.25) is 0 Å². The van der Waals surface area contributed by atoms with Crippen molar-refractivity contribution in [3.63, 3.8) is 0 Å². The summed E-state index contributed by atoms with van der Waals surface area (Å²) in [6, 6.07) is 0. The van der Waals surface area contributed by atoms with Crippen LogP contribution in [-0.4, -0.2) is 24.5 Å². The van der Waals surface area contributed by atoms with Gasteiger partial charge in [0.25, 0.3) is 0 Å². The summed E-state index contributed by atoms with van der Waals surface area (Å²) in [6.07, 6.45) is 1.19. The molecule has 0 aromatic carbocycles. The monoisotopic (exact) mass is 193 g/mol. The molecule has 0 amide bonds. The van der Waals surface area contributed by atoms with Crippen LogP contribution in [0.3, 0.4) is 0 Å². The van der Waals surface area contributed by atoms with Crippen molar-refractivity contribution in [2.75, 3.05) is 7.11 Å². The molecule has 0 saturated heterocycles. The molecule has 0 bridgehead atoms. The lowest BCUT2D eigenvalue weighted by Gasteiger charge is -2.15. The Morgan fingerprint density at radius 2 is 2.15 bits per heavy atom. The molecule has 1 aliphatic rings. The van der Waals surface area contributed by atoms with E-state index in [1.165, 1.54) is 0 Å². The van der Waals surface area contributed by atoms with Crippen LogP contribution in [0.5, 0.6) is 0 Å². The minimum Gasteiger partial charge on any atom is -0.465 e. The van der Waals surface area contributed by atoms with Crippen molar-refractivity contribution in [1.29, 1.82) is 0 Å². The van der Waals surface area contributed by atoms with Gasteiger partial charge in [0, 0.05) is 12.0 Å². The number of hydrogen-bond donors (Lipinski definition) is 1. The fraction of sp³-hybridized carbons (Fsp3) is 0.875. The van der Waals surface area contributed by atoms with Crippen LogP contribution in [0.4, 0.5) is 8.78 Å². The van der Waals surface area contributed by atoms with Crippen LogP contribution < -0.4 is 5.73 Å². The zero-order valence-corrected chi connectivity index (χ0v) is 7.48. The molecule has 0 aromatic rings. The average Bonchev–Trinajstić information content (AvgIpc) is 2.80. The molecule has 76 valence electrons. The third kappa shape index (κ3) is 2.62. The molecule has 0 heterocycles. The highest BCUT2D eigenvalue weighted by atomic mass is 19.3. The first kappa shape index (κ1) is 10.4. The lowest BCUT2D eigenvalue weighted by Crippen LogP contribution is -2.33. The van der Waals surface area contributed by atoms with Gasteiger partial charge in [0.2, 0.25) is 0 Å². The van der Waals surface area contributed by atoms with E-state index in [4.69, 9.17) is 5.73 Å². The summed E-state index contributed by atoms with van der Waals surface area (Å²) in [7, 11) is 0.950. The highest BCUT2D eigenvalue weighted by molar-refractivity contribution is 5.77. The zero-order chi connectivity index (χ0) is 10.1. The Kier molecular flexibility index (Phi) is 2.56. The van der Waals surface area contributed by atoms with Gasteiger partial charge in [-0.15, -0.1) is 0 Å². The first-order valence-electron chi connectivity index (χ1n) is 4.15.